The van der Waals surface area contributed by atoms with E-state index in [2.05, 4.69) is 5.32 Å². The Kier molecular flexibility index (Phi) is 4.97. The minimum Gasteiger partial charge on any atom is -0.456 e. The molecule has 5 heteroatoms. The Labute approximate surface area is 141 Å². The zero-order chi connectivity index (χ0) is 17.1. The average molecular weight is 329 g/mol. The van der Waals surface area contributed by atoms with E-state index < -0.39 is 5.91 Å². The third-order valence-corrected chi connectivity index (χ3v) is 5.23. The molecule has 0 radical (unpaired) electrons. The molecule has 1 aromatic carbocycles. The second-order valence-electron chi connectivity index (χ2n) is 6.98. The number of rotatable bonds is 6. The van der Waals surface area contributed by atoms with E-state index in [9.17, 15) is 14.4 Å². The van der Waals surface area contributed by atoms with E-state index in [0.717, 1.165) is 12.3 Å². The maximum absolute atomic E-state index is 11.9. The third kappa shape index (κ3) is 4.02. The van der Waals surface area contributed by atoms with E-state index in [1.807, 2.05) is 0 Å². The summed E-state index contributed by atoms with van der Waals surface area (Å²) in [7, 11) is 0. The first kappa shape index (κ1) is 16.7. The summed E-state index contributed by atoms with van der Waals surface area (Å²) in [5.41, 5.74) is 1.05. The molecule has 1 N–H and O–H groups in total. The Morgan fingerprint density at radius 2 is 2.04 bits per heavy atom. The highest BCUT2D eigenvalue weighted by molar-refractivity contribution is 5.97. The van der Waals surface area contributed by atoms with Crippen LogP contribution in [0, 0.1) is 17.8 Å². The van der Waals surface area contributed by atoms with Crippen molar-refractivity contribution in [1.82, 2.24) is 0 Å². The molecule has 2 aliphatic rings. The highest BCUT2D eigenvalue weighted by Gasteiger charge is 2.40. The van der Waals surface area contributed by atoms with Crippen molar-refractivity contribution in [3.63, 3.8) is 0 Å². The maximum atomic E-state index is 11.9. The molecule has 1 amide bonds. The molecule has 128 valence electrons. The van der Waals surface area contributed by atoms with Gasteiger partial charge in [-0.3, -0.25) is 14.4 Å². The third-order valence-electron chi connectivity index (χ3n) is 5.23. The van der Waals surface area contributed by atoms with Crippen LogP contribution in [0.5, 0.6) is 0 Å². The van der Waals surface area contributed by atoms with Gasteiger partial charge in [-0.15, -0.1) is 0 Å². The van der Waals surface area contributed by atoms with Crippen molar-refractivity contribution in [1.29, 1.82) is 0 Å². The zero-order valence-corrected chi connectivity index (χ0v) is 13.9. The number of Topliss-reactive ketones (excluding diaryl/α,β-unsaturated/α-hetero) is 1. The topological polar surface area (TPSA) is 72.5 Å². The molecule has 3 atom stereocenters. The molecule has 0 aliphatic heterocycles. The first-order valence-corrected chi connectivity index (χ1v) is 8.57. The number of hydrogen-bond acceptors (Lipinski definition) is 4. The van der Waals surface area contributed by atoms with E-state index in [1.54, 1.807) is 24.3 Å². The zero-order valence-electron chi connectivity index (χ0n) is 13.9. The molecule has 0 saturated heterocycles. The van der Waals surface area contributed by atoms with Gasteiger partial charge in [0.25, 0.3) is 5.91 Å². The summed E-state index contributed by atoms with van der Waals surface area (Å²) in [4.78, 5) is 35.2. The number of anilines is 1. The Morgan fingerprint density at radius 1 is 1.21 bits per heavy atom. The molecule has 3 rings (SSSR count). The van der Waals surface area contributed by atoms with E-state index in [4.69, 9.17) is 4.74 Å². The second kappa shape index (κ2) is 7.16. The molecule has 2 bridgehead atoms. The van der Waals surface area contributed by atoms with Gasteiger partial charge in [0.1, 0.15) is 0 Å². The molecule has 0 spiro atoms. The van der Waals surface area contributed by atoms with Crippen LogP contribution in [0.1, 0.15) is 49.4 Å². The molecule has 2 saturated carbocycles. The number of fused-ring (bicyclic) bond motifs is 2. The lowest BCUT2D eigenvalue weighted by molar-refractivity contribution is -0.148. The molecule has 2 aliphatic carbocycles. The van der Waals surface area contributed by atoms with Crippen LogP contribution in [0.3, 0.4) is 0 Å². The smallest absolute Gasteiger partial charge is 0.306 e. The SMILES string of the molecule is CC(=O)c1cccc(NC(=O)COC(=O)C[C@H]2C[C@H]3CC[C@@H]2C3)c1. The van der Waals surface area contributed by atoms with Crippen molar-refractivity contribution in [3.8, 4) is 0 Å². The predicted octanol–water partition coefficient (Wildman–Crippen LogP) is 3.20. The van der Waals surface area contributed by atoms with Crippen LogP contribution in [0.2, 0.25) is 0 Å². The van der Waals surface area contributed by atoms with Crippen LogP contribution in [-0.4, -0.2) is 24.3 Å². The van der Waals surface area contributed by atoms with Crippen molar-refractivity contribution >= 4 is 23.3 Å². The van der Waals surface area contributed by atoms with Gasteiger partial charge in [-0.2, -0.15) is 0 Å². The number of nitrogens with one attached hydrogen (secondary N) is 1. The van der Waals surface area contributed by atoms with E-state index in [1.165, 1.54) is 26.2 Å². The van der Waals surface area contributed by atoms with Crippen LogP contribution < -0.4 is 5.32 Å². The van der Waals surface area contributed by atoms with Gasteiger partial charge < -0.3 is 10.1 Å². The van der Waals surface area contributed by atoms with Crippen molar-refractivity contribution in [3.05, 3.63) is 29.8 Å². The standard InChI is InChI=1S/C19H23NO4/c1-12(21)14-3-2-4-17(9-14)20-18(22)11-24-19(23)10-16-8-13-5-6-15(16)7-13/h2-4,9,13,15-16H,5-8,10-11H2,1H3,(H,20,22)/t13-,15+,16+/m0/s1. The van der Waals surface area contributed by atoms with Crippen LogP contribution in [0.15, 0.2) is 24.3 Å². The summed E-state index contributed by atoms with van der Waals surface area (Å²) in [6, 6.07) is 6.69. The first-order valence-electron chi connectivity index (χ1n) is 8.57. The predicted molar refractivity (Wildman–Crippen MR) is 89.6 cm³/mol. The monoisotopic (exact) mass is 329 g/mol. The molecule has 0 aromatic heterocycles. The fraction of sp³-hybridized carbons (Fsp3) is 0.526. The number of amides is 1. The van der Waals surface area contributed by atoms with Crippen LogP contribution in [0.4, 0.5) is 5.69 Å². The molecule has 24 heavy (non-hydrogen) atoms. The van der Waals surface area contributed by atoms with Crippen molar-refractivity contribution in [2.24, 2.45) is 17.8 Å². The minimum atomic E-state index is -0.392. The molecular weight excluding hydrogens is 306 g/mol. The summed E-state index contributed by atoms with van der Waals surface area (Å²) >= 11 is 0. The van der Waals surface area contributed by atoms with Gasteiger partial charge in [-0.1, -0.05) is 18.6 Å². The molecule has 2 fully saturated rings. The quantitative estimate of drug-likeness (QED) is 0.642. The summed E-state index contributed by atoms with van der Waals surface area (Å²) < 4.78 is 5.11. The number of carbonyl (C=O) groups excluding carboxylic acids is 3. The summed E-state index contributed by atoms with van der Waals surface area (Å²) in [5, 5.41) is 2.64. The highest BCUT2D eigenvalue weighted by Crippen LogP contribution is 2.49. The lowest BCUT2D eigenvalue weighted by Crippen LogP contribution is -2.23. The van der Waals surface area contributed by atoms with Gasteiger partial charge in [-0.25, -0.2) is 0 Å². The average Bonchev–Trinajstić information content (AvgIpc) is 3.16. The number of hydrogen-bond donors (Lipinski definition) is 1. The van der Waals surface area contributed by atoms with Gasteiger partial charge in [0, 0.05) is 17.7 Å². The Balaban J connectivity index is 1.43. The number of esters is 1. The van der Waals surface area contributed by atoms with Gasteiger partial charge in [-0.05, 0) is 56.1 Å². The van der Waals surface area contributed by atoms with Gasteiger partial charge in [0.15, 0.2) is 12.4 Å². The highest BCUT2D eigenvalue weighted by atomic mass is 16.5. The fourth-order valence-corrected chi connectivity index (χ4v) is 4.06. The Bertz CT molecular complexity index is 655. The minimum absolute atomic E-state index is 0.0663. The number of carbonyl (C=O) groups is 3. The van der Waals surface area contributed by atoms with Crippen molar-refractivity contribution < 1.29 is 19.1 Å². The van der Waals surface area contributed by atoms with Crippen molar-refractivity contribution in [2.75, 3.05) is 11.9 Å². The summed E-state index contributed by atoms with van der Waals surface area (Å²) in [5.74, 6) is 1.16. The van der Waals surface area contributed by atoms with Crippen molar-refractivity contribution in [2.45, 2.75) is 39.0 Å². The molecule has 0 heterocycles. The molecule has 5 nitrogen and oxygen atoms in total. The Morgan fingerprint density at radius 3 is 2.71 bits per heavy atom. The first-order chi connectivity index (χ1) is 11.5. The van der Waals surface area contributed by atoms with Gasteiger partial charge in [0.05, 0.1) is 0 Å². The van der Waals surface area contributed by atoms with E-state index >= 15 is 0 Å². The second-order valence-corrected chi connectivity index (χ2v) is 6.98. The normalized spacial score (nSPS) is 24.6. The molecule has 0 unspecified atom stereocenters. The lowest BCUT2D eigenvalue weighted by atomic mass is 9.86. The largest absolute Gasteiger partial charge is 0.456 e. The van der Waals surface area contributed by atoms with Crippen LogP contribution >= 0.6 is 0 Å². The number of ketones is 1. The van der Waals surface area contributed by atoms with Gasteiger partial charge in [0.2, 0.25) is 0 Å². The lowest BCUT2D eigenvalue weighted by Gasteiger charge is -2.20. The fourth-order valence-electron chi connectivity index (χ4n) is 4.06. The van der Waals surface area contributed by atoms with Gasteiger partial charge >= 0.3 is 5.97 Å². The molecule has 1 aromatic rings. The van der Waals surface area contributed by atoms with E-state index in [0.29, 0.717) is 29.5 Å². The van der Waals surface area contributed by atoms with Crippen LogP contribution in [-0.2, 0) is 14.3 Å². The summed E-state index contributed by atoms with van der Waals surface area (Å²) in [6.07, 6.45) is 5.34. The number of ether oxygens (including phenoxy) is 1. The van der Waals surface area contributed by atoms with E-state index in [-0.39, 0.29) is 18.4 Å². The summed E-state index contributed by atoms with van der Waals surface area (Å²) in [6.45, 7) is 1.18. The maximum Gasteiger partial charge on any atom is 0.306 e. The number of benzene rings is 1. The Hall–Kier alpha value is -2.17. The van der Waals surface area contributed by atoms with Crippen LogP contribution in [0.25, 0.3) is 0 Å². The molecular formula is C19H23NO4.